The van der Waals surface area contributed by atoms with Gasteiger partial charge in [-0.1, -0.05) is 26.0 Å². The molecule has 0 aliphatic heterocycles. The second-order valence-electron chi connectivity index (χ2n) is 7.13. The fourth-order valence-electron chi connectivity index (χ4n) is 2.57. The summed E-state index contributed by atoms with van der Waals surface area (Å²) in [5, 5.41) is 34.4. The average Bonchev–Trinajstić information content (AvgIpc) is 3.23. The first-order valence-electron chi connectivity index (χ1n) is 9.10. The number of nitriles is 2. The maximum atomic E-state index is 11.7. The first-order valence-corrected chi connectivity index (χ1v) is 9.10. The summed E-state index contributed by atoms with van der Waals surface area (Å²) in [6.45, 7) is 11.1. The molecule has 2 aromatic rings. The predicted molar refractivity (Wildman–Crippen MR) is 107 cm³/mol. The summed E-state index contributed by atoms with van der Waals surface area (Å²) in [5.74, 6) is 0. The summed E-state index contributed by atoms with van der Waals surface area (Å²) in [6.07, 6.45) is 1.79. The number of hydrogen-bond donors (Lipinski definition) is 2. The van der Waals surface area contributed by atoms with E-state index in [-0.39, 0.29) is 6.54 Å². The number of aromatic nitrogens is 3. The number of benzene rings is 1. The van der Waals surface area contributed by atoms with Crippen molar-refractivity contribution < 1.29 is 14.9 Å². The lowest BCUT2D eigenvalue weighted by atomic mass is 9.78. The molecule has 0 saturated carbocycles. The minimum atomic E-state index is -1.09. The molecule has 1 aromatic carbocycles. The van der Waals surface area contributed by atoms with Crippen LogP contribution < -0.4 is 5.32 Å². The van der Waals surface area contributed by atoms with Crippen molar-refractivity contribution in [2.75, 3.05) is 5.32 Å². The molecule has 9 nitrogen and oxygen atoms in total. The van der Waals surface area contributed by atoms with E-state index in [9.17, 15) is 15.3 Å². The van der Waals surface area contributed by atoms with E-state index >= 15 is 0 Å². The highest BCUT2D eigenvalue weighted by molar-refractivity contribution is 5.87. The summed E-state index contributed by atoms with van der Waals surface area (Å²) >= 11 is 0. The predicted octanol–water partition coefficient (Wildman–Crippen LogP) is 3.98. The smallest absolute Gasteiger partial charge is 0.288 e. The third kappa shape index (κ3) is 5.53. The Morgan fingerprint density at radius 2 is 1.83 bits per heavy atom. The molecule has 1 aromatic heterocycles. The van der Waals surface area contributed by atoms with Crippen molar-refractivity contribution >= 4 is 11.8 Å². The van der Waals surface area contributed by atoms with Crippen LogP contribution in [0.1, 0.15) is 58.2 Å². The Morgan fingerprint density at radius 1 is 1.21 bits per heavy atom. The third-order valence-electron chi connectivity index (χ3n) is 4.28. The van der Waals surface area contributed by atoms with Crippen molar-refractivity contribution in [3.05, 3.63) is 41.5 Å². The Bertz CT molecular complexity index is 921. The van der Waals surface area contributed by atoms with E-state index in [1.165, 1.54) is 17.3 Å². The normalized spacial score (nSPS) is 10.8. The van der Waals surface area contributed by atoms with Gasteiger partial charge in [-0.15, -0.1) is 0 Å². The Hall–Kier alpha value is -3.43. The number of carbonyl (C=O) groups is 1. The molecule has 0 aliphatic carbocycles. The second-order valence-corrected chi connectivity index (χ2v) is 7.13. The first kappa shape index (κ1) is 23.6. The molecule has 0 bridgehead atoms. The molecule has 154 valence electrons. The van der Waals surface area contributed by atoms with Gasteiger partial charge in [0.05, 0.1) is 35.2 Å². The van der Waals surface area contributed by atoms with Gasteiger partial charge in [-0.25, -0.2) is 14.5 Å². The van der Waals surface area contributed by atoms with Gasteiger partial charge in [0.15, 0.2) is 0 Å². The maximum Gasteiger partial charge on any atom is 0.442 e. The van der Waals surface area contributed by atoms with E-state index in [2.05, 4.69) is 32.4 Å². The van der Waals surface area contributed by atoms with Gasteiger partial charge in [-0.2, -0.15) is 20.9 Å². The van der Waals surface area contributed by atoms with E-state index in [0.29, 0.717) is 22.4 Å². The van der Waals surface area contributed by atoms with Crippen molar-refractivity contribution in [3.63, 3.8) is 0 Å². The summed E-state index contributed by atoms with van der Waals surface area (Å²) in [6, 6.07) is 7.91. The molecule has 2 N–H and O–H groups in total. The largest absolute Gasteiger partial charge is 0.442 e. The number of amides is 1. The Labute approximate surface area is 170 Å². The molecule has 0 unspecified atom stereocenters. The molecular weight excluding hydrogens is 372 g/mol. The fourth-order valence-corrected chi connectivity index (χ4v) is 2.57. The molecule has 0 atom stereocenters. The van der Waals surface area contributed by atoms with E-state index in [1.54, 1.807) is 39.8 Å². The fraction of sp³-hybridized carbons (Fsp3) is 0.450. The number of nitrogens with zero attached hydrogens (tertiary/aromatic N) is 5. The van der Waals surface area contributed by atoms with Gasteiger partial charge < -0.3 is 0 Å². The lowest BCUT2D eigenvalue weighted by Gasteiger charge is -2.27. The van der Waals surface area contributed by atoms with Crippen LogP contribution >= 0.6 is 0 Å². The van der Waals surface area contributed by atoms with Crippen molar-refractivity contribution in [2.45, 2.75) is 58.9 Å². The first-order chi connectivity index (χ1) is 13.6. The zero-order valence-electron chi connectivity index (χ0n) is 17.5. The highest BCUT2D eigenvalue weighted by Crippen LogP contribution is 2.37. The molecule has 0 spiro atoms. The van der Waals surface area contributed by atoms with Crippen molar-refractivity contribution in [1.82, 2.24) is 14.8 Å². The number of hydrogen-bond acceptors (Lipinski definition) is 7. The van der Waals surface area contributed by atoms with Crippen LogP contribution in [0.4, 0.5) is 10.5 Å². The Balaban J connectivity index is 0.00000204. The molecule has 0 fully saturated rings. The Morgan fingerprint density at radius 3 is 2.31 bits per heavy atom. The molecule has 2 rings (SSSR count). The monoisotopic (exact) mass is 398 g/mol. The number of rotatable bonds is 5. The summed E-state index contributed by atoms with van der Waals surface area (Å²) in [4.78, 5) is 19.3. The number of carbonyl (C=O) groups excluding carboxylic acids is 1. The van der Waals surface area contributed by atoms with Gasteiger partial charge in [0.25, 0.3) is 0 Å². The zero-order valence-corrected chi connectivity index (χ0v) is 17.5. The van der Waals surface area contributed by atoms with E-state index in [1.807, 2.05) is 13.8 Å². The van der Waals surface area contributed by atoms with Gasteiger partial charge in [-0.05, 0) is 44.4 Å². The quantitative estimate of drug-likeness (QED) is 0.574. The van der Waals surface area contributed by atoms with Gasteiger partial charge in [0.2, 0.25) is 0 Å². The summed E-state index contributed by atoms with van der Waals surface area (Å²) in [5.41, 5.74) is 0.260. The summed E-state index contributed by atoms with van der Waals surface area (Å²) in [7, 11) is 0. The van der Waals surface area contributed by atoms with Gasteiger partial charge in [-0.3, -0.25) is 10.2 Å². The van der Waals surface area contributed by atoms with Crippen molar-refractivity contribution in [3.8, 4) is 12.1 Å². The molecule has 1 heterocycles. The molecule has 0 radical (unpaired) electrons. The topological polar surface area (TPSA) is 137 Å². The zero-order chi connectivity index (χ0) is 22.2. The lowest BCUT2D eigenvalue weighted by molar-refractivity contribution is -0.172. The van der Waals surface area contributed by atoms with E-state index in [4.69, 9.17) is 5.26 Å². The molecular formula is C20H26N6O3. The highest BCUT2D eigenvalue weighted by Gasteiger charge is 2.30. The third-order valence-corrected chi connectivity index (χ3v) is 4.28. The van der Waals surface area contributed by atoms with Crippen LogP contribution in [0.2, 0.25) is 0 Å². The Kier molecular flexibility index (Phi) is 7.87. The van der Waals surface area contributed by atoms with E-state index < -0.39 is 16.9 Å². The molecule has 0 aliphatic rings. The van der Waals surface area contributed by atoms with Gasteiger partial charge in [0, 0.05) is 0 Å². The molecule has 9 heteroatoms. The second kappa shape index (κ2) is 9.67. The van der Waals surface area contributed by atoms with Gasteiger partial charge in [0.1, 0.15) is 12.7 Å². The summed E-state index contributed by atoms with van der Waals surface area (Å²) < 4.78 is 1.54. The number of anilines is 1. The molecule has 1 amide bonds. The maximum absolute atomic E-state index is 11.7. The highest BCUT2D eigenvalue weighted by atomic mass is 17.1. The van der Waals surface area contributed by atoms with Crippen LogP contribution in [-0.4, -0.2) is 26.1 Å². The number of nitrogens with one attached hydrogen (secondary N) is 1. The average molecular weight is 398 g/mol. The lowest BCUT2D eigenvalue weighted by Crippen LogP contribution is -2.24. The minimum absolute atomic E-state index is 0.227. The van der Waals surface area contributed by atoms with Gasteiger partial charge >= 0.3 is 6.09 Å². The van der Waals surface area contributed by atoms with Crippen LogP contribution in [0.25, 0.3) is 0 Å². The standard InChI is InChI=1S/C18H20N6O3.C2H6/c1-17(2,8-19)13-5-12(7-24-11-21-10-22-24)15(23-16(25)27-26)14(6-13)18(3,4)9-20;1-2/h5-6,10-11,26H,7H2,1-4H3,(H,23,25);1-2H3. The van der Waals surface area contributed by atoms with Crippen LogP contribution in [0.3, 0.4) is 0 Å². The van der Waals surface area contributed by atoms with Crippen LogP contribution in [0.15, 0.2) is 24.8 Å². The van der Waals surface area contributed by atoms with Crippen molar-refractivity contribution in [2.24, 2.45) is 0 Å². The molecule has 29 heavy (non-hydrogen) atoms. The van der Waals surface area contributed by atoms with Crippen LogP contribution in [0, 0.1) is 22.7 Å². The minimum Gasteiger partial charge on any atom is -0.288 e. The SMILES string of the molecule is CC.CC(C)(C#N)c1cc(Cn2cncn2)c(NC(=O)OO)c(C(C)(C)C#N)c1. The van der Waals surface area contributed by atoms with Crippen LogP contribution in [-0.2, 0) is 22.3 Å². The molecule has 0 saturated heterocycles. The van der Waals surface area contributed by atoms with Crippen LogP contribution in [0.5, 0.6) is 0 Å². The van der Waals surface area contributed by atoms with Crippen molar-refractivity contribution in [1.29, 1.82) is 10.5 Å². The van der Waals surface area contributed by atoms with E-state index in [0.717, 1.165) is 0 Å².